The molecular formula is C26H27N3O4. The first-order valence-electron chi connectivity index (χ1n) is 10.7. The molecule has 4 aromatic rings. The Kier molecular flexibility index (Phi) is 6.60. The molecule has 1 aromatic heterocycles. The first kappa shape index (κ1) is 22.4. The van der Waals surface area contributed by atoms with Crippen molar-refractivity contribution in [3.63, 3.8) is 0 Å². The molecule has 4 rings (SSSR count). The van der Waals surface area contributed by atoms with Gasteiger partial charge in [0.05, 0.1) is 32.2 Å². The summed E-state index contributed by atoms with van der Waals surface area (Å²) < 4.78 is 17.9. The van der Waals surface area contributed by atoms with Gasteiger partial charge < -0.3 is 19.9 Å². The summed E-state index contributed by atoms with van der Waals surface area (Å²) in [5, 5.41) is 0.511. The van der Waals surface area contributed by atoms with Crippen LogP contribution in [-0.2, 0) is 6.54 Å². The molecule has 0 atom stereocenters. The number of hydrogen-bond acceptors (Lipinski definition) is 6. The minimum Gasteiger partial charge on any atom is -0.497 e. The van der Waals surface area contributed by atoms with Crippen molar-refractivity contribution in [1.82, 2.24) is 9.55 Å². The summed E-state index contributed by atoms with van der Waals surface area (Å²) in [6.45, 7) is 0.940. The van der Waals surface area contributed by atoms with Crippen molar-refractivity contribution in [2.75, 3.05) is 27.9 Å². The second kappa shape index (κ2) is 9.75. The molecule has 1 heterocycles. The maximum atomic E-state index is 13.4. The lowest BCUT2D eigenvalue weighted by Crippen LogP contribution is -2.24. The van der Waals surface area contributed by atoms with Crippen molar-refractivity contribution >= 4 is 10.9 Å². The van der Waals surface area contributed by atoms with Crippen molar-refractivity contribution in [3.8, 4) is 39.8 Å². The Morgan fingerprint density at radius 2 is 1.55 bits per heavy atom. The van der Waals surface area contributed by atoms with Gasteiger partial charge in [0.15, 0.2) is 0 Å². The average Bonchev–Trinajstić information content (AvgIpc) is 2.87. The number of benzene rings is 3. The Hall–Kier alpha value is -3.84. The molecule has 0 saturated carbocycles. The van der Waals surface area contributed by atoms with E-state index in [0.29, 0.717) is 47.7 Å². The number of nitrogens with two attached hydrogens (primary N) is 1. The highest BCUT2D eigenvalue weighted by molar-refractivity contribution is 5.82. The van der Waals surface area contributed by atoms with E-state index in [1.54, 1.807) is 44.1 Å². The number of nitrogens with zero attached hydrogens (tertiary/aromatic N) is 2. The summed E-state index contributed by atoms with van der Waals surface area (Å²) in [7, 11) is 4.85. The molecule has 0 spiro atoms. The Labute approximate surface area is 192 Å². The van der Waals surface area contributed by atoms with E-state index in [2.05, 4.69) is 0 Å². The van der Waals surface area contributed by atoms with Crippen LogP contribution in [0.5, 0.6) is 17.2 Å². The molecule has 0 fully saturated rings. The van der Waals surface area contributed by atoms with Crippen LogP contribution in [0.2, 0.25) is 0 Å². The summed E-state index contributed by atoms with van der Waals surface area (Å²) in [6.07, 6.45) is 0.658. The van der Waals surface area contributed by atoms with E-state index in [-0.39, 0.29) is 5.56 Å². The quantitative estimate of drug-likeness (QED) is 0.439. The molecule has 0 aliphatic carbocycles. The van der Waals surface area contributed by atoms with Crippen LogP contribution in [0.4, 0.5) is 0 Å². The standard InChI is InChI=1S/C26H27N3O4/c1-31-19-8-5-17(6-9-19)21-11-7-18(15-24(21)33-3)25-28-23-12-10-20(32-2)16-22(23)26(30)29(25)14-4-13-27/h5-12,15-16H,4,13-14,27H2,1-3H3. The Balaban J connectivity index is 1.87. The lowest BCUT2D eigenvalue weighted by molar-refractivity contribution is 0.414. The van der Waals surface area contributed by atoms with Crippen LogP contribution in [0.25, 0.3) is 33.4 Å². The molecular weight excluding hydrogens is 418 g/mol. The Bertz CT molecular complexity index is 1330. The van der Waals surface area contributed by atoms with E-state index < -0.39 is 0 Å². The molecule has 0 aliphatic heterocycles. The third-order valence-electron chi connectivity index (χ3n) is 5.61. The van der Waals surface area contributed by atoms with Gasteiger partial charge in [0.2, 0.25) is 0 Å². The SMILES string of the molecule is COc1ccc(-c2ccc(-c3nc4ccc(OC)cc4c(=O)n3CCCN)cc2OC)cc1. The molecule has 3 aromatic carbocycles. The predicted molar refractivity (Wildman–Crippen MR) is 130 cm³/mol. The highest BCUT2D eigenvalue weighted by Crippen LogP contribution is 2.34. The molecule has 0 aliphatic rings. The number of hydrogen-bond donors (Lipinski definition) is 1. The van der Waals surface area contributed by atoms with Gasteiger partial charge in [-0.1, -0.05) is 18.2 Å². The van der Waals surface area contributed by atoms with Gasteiger partial charge in [-0.2, -0.15) is 0 Å². The molecule has 0 saturated heterocycles. The molecule has 0 unspecified atom stereocenters. The van der Waals surface area contributed by atoms with Crippen molar-refractivity contribution < 1.29 is 14.2 Å². The van der Waals surface area contributed by atoms with Crippen LogP contribution in [0, 0.1) is 0 Å². The number of methoxy groups -OCH3 is 3. The maximum Gasteiger partial charge on any atom is 0.261 e. The maximum absolute atomic E-state index is 13.4. The number of fused-ring (bicyclic) bond motifs is 1. The molecule has 7 heteroatoms. The molecule has 0 bridgehead atoms. The van der Waals surface area contributed by atoms with Gasteiger partial charge in [-0.05, 0) is 61.0 Å². The summed E-state index contributed by atoms with van der Waals surface area (Å²) in [6, 6.07) is 19.0. The van der Waals surface area contributed by atoms with Crippen LogP contribution < -0.4 is 25.5 Å². The summed E-state index contributed by atoms with van der Waals surface area (Å²) in [4.78, 5) is 18.2. The minimum absolute atomic E-state index is 0.124. The first-order valence-corrected chi connectivity index (χ1v) is 10.7. The largest absolute Gasteiger partial charge is 0.497 e. The molecule has 170 valence electrons. The van der Waals surface area contributed by atoms with Crippen LogP contribution in [0.15, 0.2) is 65.5 Å². The summed E-state index contributed by atoms with van der Waals surface area (Å²) in [5.74, 6) is 2.66. The smallest absolute Gasteiger partial charge is 0.261 e. The van der Waals surface area contributed by atoms with Crippen molar-refractivity contribution in [1.29, 1.82) is 0 Å². The van der Waals surface area contributed by atoms with Crippen LogP contribution in [0.3, 0.4) is 0 Å². The molecule has 2 N–H and O–H groups in total. The lowest BCUT2D eigenvalue weighted by atomic mass is 10.0. The fourth-order valence-electron chi connectivity index (χ4n) is 3.84. The summed E-state index contributed by atoms with van der Waals surface area (Å²) >= 11 is 0. The minimum atomic E-state index is -0.124. The van der Waals surface area contributed by atoms with Crippen LogP contribution >= 0.6 is 0 Å². The second-order valence-electron chi connectivity index (χ2n) is 7.56. The normalized spacial score (nSPS) is 10.9. The molecule has 7 nitrogen and oxygen atoms in total. The Morgan fingerprint density at radius 1 is 0.848 bits per heavy atom. The fourth-order valence-corrected chi connectivity index (χ4v) is 3.84. The highest BCUT2D eigenvalue weighted by atomic mass is 16.5. The number of ether oxygens (including phenoxy) is 3. The topological polar surface area (TPSA) is 88.6 Å². The van der Waals surface area contributed by atoms with E-state index in [4.69, 9.17) is 24.9 Å². The van der Waals surface area contributed by atoms with Gasteiger partial charge in [-0.25, -0.2) is 4.98 Å². The average molecular weight is 446 g/mol. The Morgan fingerprint density at radius 3 is 2.21 bits per heavy atom. The zero-order valence-electron chi connectivity index (χ0n) is 19.0. The van der Waals surface area contributed by atoms with Gasteiger partial charge in [0, 0.05) is 17.7 Å². The van der Waals surface area contributed by atoms with E-state index in [1.807, 2.05) is 42.5 Å². The van der Waals surface area contributed by atoms with E-state index in [9.17, 15) is 4.79 Å². The third-order valence-corrected chi connectivity index (χ3v) is 5.61. The third kappa shape index (κ3) is 4.40. The van der Waals surface area contributed by atoms with Gasteiger partial charge in [-0.3, -0.25) is 9.36 Å². The van der Waals surface area contributed by atoms with E-state index in [0.717, 1.165) is 22.4 Å². The van der Waals surface area contributed by atoms with E-state index >= 15 is 0 Å². The van der Waals surface area contributed by atoms with Crippen molar-refractivity contribution in [2.45, 2.75) is 13.0 Å². The molecule has 33 heavy (non-hydrogen) atoms. The van der Waals surface area contributed by atoms with E-state index in [1.165, 1.54) is 0 Å². The highest BCUT2D eigenvalue weighted by Gasteiger charge is 2.16. The molecule has 0 amide bonds. The zero-order chi connectivity index (χ0) is 23.4. The van der Waals surface area contributed by atoms with Crippen LogP contribution in [0.1, 0.15) is 6.42 Å². The van der Waals surface area contributed by atoms with Crippen LogP contribution in [-0.4, -0.2) is 37.4 Å². The van der Waals surface area contributed by atoms with Crippen molar-refractivity contribution in [3.05, 3.63) is 71.0 Å². The first-order chi connectivity index (χ1) is 16.1. The fraction of sp³-hybridized carbons (Fsp3) is 0.231. The lowest BCUT2D eigenvalue weighted by Gasteiger charge is -2.16. The zero-order valence-corrected chi connectivity index (χ0v) is 19.0. The second-order valence-corrected chi connectivity index (χ2v) is 7.56. The number of aromatic nitrogens is 2. The van der Waals surface area contributed by atoms with Gasteiger partial charge in [-0.15, -0.1) is 0 Å². The van der Waals surface area contributed by atoms with Gasteiger partial charge >= 0.3 is 0 Å². The number of rotatable bonds is 8. The van der Waals surface area contributed by atoms with Gasteiger partial charge in [0.25, 0.3) is 5.56 Å². The summed E-state index contributed by atoms with van der Waals surface area (Å²) in [5.41, 5.74) is 8.95. The predicted octanol–water partition coefficient (Wildman–Crippen LogP) is 4.11. The monoisotopic (exact) mass is 445 g/mol. The van der Waals surface area contributed by atoms with Gasteiger partial charge in [0.1, 0.15) is 23.1 Å². The van der Waals surface area contributed by atoms with Crippen molar-refractivity contribution in [2.24, 2.45) is 5.73 Å². The molecule has 0 radical (unpaired) electrons.